The van der Waals surface area contributed by atoms with Crippen molar-refractivity contribution in [2.24, 2.45) is 0 Å². The van der Waals surface area contributed by atoms with Crippen molar-refractivity contribution in [2.45, 2.75) is 52.6 Å². The Morgan fingerprint density at radius 1 is 1.09 bits per heavy atom. The summed E-state index contributed by atoms with van der Waals surface area (Å²) in [6.45, 7) is 6.28. The lowest BCUT2D eigenvalue weighted by Gasteiger charge is -2.29. The molecular weight excluding hydrogens is 509 g/mol. The van der Waals surface area contributed by atoms with Crippen LogP contribution in [-0.4, -0.2) is 50.5 Å². The number of aryl methyl sites for hydroxylation is 1. The molecule has 0 aliphatic rings. The van der Waals surface area contributed by atoms with E-state index in [2.05, 4.69) is 5.32 Å². The van der Waals surface area contributed by atoms with Crippen LogP contribution in [0.15, 0.2) is 42.5 Å². The van der Waals surface area contributed by atoms with Gasteiger partial charge in [0, 0.05) is 36.1 Å². The number of benzene rings is 2. The Kier molecular flexibility index (Phi) is 10.9. The first-order valence-electron chi connectivity index (χ1n) is 11.5. The first-order chi connectivity index (χ1) is 16.4. The van der Waals surface area contributed by atoms with Crippen LogP contribution in [0.3, 0.4) is 0 Å². The van der Waals surface area contributed by atoms with Crippen LogP contribution < -0.4 is 9.62 Å². The van der Waals surface area contributed by atoms with Crippen LogP contribution in [0, 0.1) is 6.92 Å². The van der Waals surface area contributed by atoms with Gasteiger partial charge < -0.3 is 10.2 Å². The maximum absolute atomic E-state index is 13.3. The maximum Gasteiger partial charge on any atom is 0.242 e. The summed E-state index contributed by atoms with van der Waals surface area (Å²) in [5.74, 6) is -0.491. The minimum atomic E-state index is -3.60. The third-order valence-corrected chi connectivity index (χ3v) is 7.20. The van der Waals surface area contributed by atoms with E-state index in [9.17, 15) is 18.0 Å². The molecule has 0 saturated carbocycles. The van der Waals surface area contributed by atoms with Crippen LogP contribution in [0.25, 0.3) is 0 Å². The van der Waals surface area contributed by atoms with Crippen molar-refractivity contribution >= 4 is 50.7 Å². The number of sulfonamides is 1. The molecule has 2 amide bonds. The average molecular weight is 543 g/mol. The van der Waals surface area contributed by atoms with Gasteiger partial charge in [-0.05, 0) is 62.1 Å². The number of hydrogen-bond acceptors (Lipinski definition) is 4. The van der Waals surface area contributed by atoms with Crippen molar-refractivity contribution in [1.29, 1.82) is 0 Å². The van der Waals surface area contributed by atoms with E-state index in [1.165, 1.54) is 9.21 Å². The van der Waals surface area contributed by atoms with E-state index in [1.807, 2.05) is 13.0 Å². The zero-order valence-corrected chi connectivity index (χ0v) is 22.9. The summed E-state index contributed by atoms with van der Waals surface area (Å²) in [6, 6.07) is 11.5. The molecule has 0 spiro atoms. The first-order valence-corrected chi connectivity index (χ1v) is 14.1. The summed E-state index contributed by atoms with van der Waals surface area (Å²) < 4.78 is 26.3. The number of hydrogen-bond donors (Lipinski definition) is 1. The molecule has 2 rings (SSSR count). The van der Waals surface area contributed by atoms with Gasteiger partial charge in [0.1, 0.15) is 6.04 Å². The van der Waals surface area contributed by atoms with Gasteiger partial charge in [0.2, 0.25) is 21.8 Å². The van der Waals surface area contributed by atoms with E-state index < -0.39 is 16.1 Å². The lowest BCUT2D eigenvalue weighted by Crippen LogP contribution is -2.47. The molecule has 0 heterocycles. The predicted molar refractivity (Wildman–Crippen MR) is 142 cm³/mol. The highest BCUT2D eigenvalue weighted by Gasteiger charge is 2.27. The largest absolute Gasteiger partial charge is 0.354 e. The molecule has 0 unspecified atom stereocenters. The van der Waals surface area contributed by atoms with Gasteiger partial charge in [-0.3, -0.25) is 13.9 Å². The zero-order valence-electron chi connectivity index (χ0n) is 20.6. The van der Waals surface area contributed by atoms with Crippen LogP contribution in [0.5, 0.6) is 0 Å². The Labute approximate surface area is 218 Å². The average Bonchev–Trinajstić information content (AvgIpc) is 2.79. The third kappa shape index (κ3) is 8.70. The third-order valence-electron chi connectivity index (χ3n) is 5.55. The van der Waals surface area contributed by atoms with E-state index in [0.29, 0.717) is 22.3 Å². The Morgan fingerprint density at radius 3 is 2.40 bits per heavy atom. The van der Waals surface area contributed by atoms with Gasteiger partial charge in [-0.1, -0.05) is 48.3 Å². The molecule has 7 nitrogen and oxygen atoms in total. The highest BCUT2D eigenvalue weighted by molar-refractivity contribution is 7.92. The highest BCUT2D eigenvalue weighted by atomic mass is 35.5. The molecule has 0 bridgehead atoms. The van der Waals surface area contributed by atoms with Crippen molar-refractivity contribution in [3.8, 4) is 0 Å². The number of anilines is 1. The van der Waals surface area contributed by atoms with E-state index in [0.717, 1.165) is 23.8 Å². The molecule has 0 aliphatic heterocycles. The van der Waals surface area contributed by atoms with Gasteiger partial charge in [0.05, 0.1) is 11.9 Å². The summed E-state index contributed by atoms with van der Waals surface area (Å²) in [7, 11) is -3.60. The van der Waals surface area contributed by atoms with Gasteiger partial charge in [-0.25, -0.2) is 8.42 Å². The molecule has 0 radical (unpaired) electrons. The van der Waals surface area contributed by atoms with Gasteiger partial charge in [0.15, 0.2) is 0 Å². The fraction of sp³-hybridized carbons (Fsp3) is 0.440. The molecule has 0 aliphatic carbocycles. The quantitative estimate of drug-likeness (QED) is 0.418. The molecule has 0 aromatic heterocycles. The number of nitrogens with zero attached hydrogens (tertiary/aromatic N) is 2. The Bertz CT molecular complexity index is 1140. The summed E-state index contributed by atoms with van der Waals surface area (Å²) in [5, 5.41) is 3.80. The van der Waals surface area contributed by atoms with Crippen LogP contribution >= 0.6 is 23.2 Å². The summed E-state index contributed by atoms with van der Waals surface area (Å²) in [4.78, 5) is 27.4. The summed E-state index contributed by atoms with van der Waals surface area (Å²) in [5.41, 5.74) is 2.04. The summed E-state index contributed by atoms with van der Waals surface area (Å²) >= 11 is 12.2. The number of nitrogens with one attached hydrogen (secondary N) is 1. The predicted octanol–water partition coefficient (Wildman–Crippen LogP) is 4.79. The lowest BCUT2D eigenvalue weighted by atomic mass is 10.1. The maximum atomic E-state index is 13.3. The fourth-order valence-corrected chi connectivity index (χ4v) is 5.04. The summed E-state index contributed by atoms with van der Waals surface area (Å²) in [6.07, 6.45) is 2.25. The van der Waals surface area contributed by atoms with Crippen molar-refractivity contribution < 1.29 is 18.0 Å². The molecule has 35 heavy (non-hydrogen) atoms. The fourth-order valence-electron chi connectivity index (χ4n) is 3.64. The number of amides is 2. The van der Waals surface area contributed by atoms with Crippen molar-refractivity contribution in [3.05, 3.63) is 63.6 Å². The van der Waals surface area contributed by atoms with Crippen LogP contribution in [-0.2, 0) is 26.2 Å². The van der Waals surface area contributed by atoms with Gasteiger partial charge in [-0.15, -0.1) is 0 Å². The topological polar surface area (TPSA) is 86.8 Å². The van der Waals surface area contributed by atoms with Crippen LogP contribution in [0.1, 0.15) is 44.2 Å². The second-order valence-corrected chi connectivity index (χ2v) is 11.3. The Balaban J connectivity index is 2.19. The monoisotopic (exact) mass is 541 g/mol. The van der Waals surface area contributed by atoms with Gasteiger partial charge >= 0.3 is 0 Å². The number of carbonyl (C=O) groups excluding carboxylic acids is 2. The van der Waals surface area contributed by atoms with Crippen LogP contribution in [0.4, 0.5) is 5.69 Å². The van der Waals surface area contributed by atoms with Crippen LogP contribution in [0.2, 0.25) is 10.0 Å². The lowest BCUT2D eigenvalue weighted by molar-refractivity contribution is -0.140. The van der Waals surface area contributed by atoms with E-state index in [4.69, 9.17) is 23.2 Å². The second kappa shape index (κ2) is 13.1. The molecule has 0 fully saturated rings. The van der Waals surface area contributed by atoms with Gasteiger partial charge in [0.25, 0.3) is 0 Å². The normalized spacial score (nSPS) is 12.2. The standard InChI is InChI=1S/C25H33Cl2N3O4S/c1-5-13-28-25(32)19(3)29(17-20-8-6-9-21(26)15-20)24(31)10-7-14-30(35(4,33)34)23-16-22(27)12-11-18(23)2/h6,8-9,11-12,15-16,19H,5,7,10,13-14,17H2,1-4H3,(H,28,32)/t19-/m1/s1. The minimum Gasteiger partial charge on any atom is -0.354 e. The molecule has 2 aromatic rings. The van der Waals surface area contributed by atoms with Crippen molar-refractivity contribution in [1.82, 2.24) is 10.2 Å². The zero-order chi connectivity index (χ0) is 26.2. The first kappa shape index (κ1) is 28.9. The Hall–Kier alpha value is -2.29. The number of rotatable bonds is 12. The van der Waals surface area contributed by atoms with Crippen molar-refractivity contribution in [2.75, 3.05) is 23.7 Å². The molecule has 10 heteroatoms. The van der Waals surface area contributed by atoms with E-state index >= 15 is 0 Å². The SMILES string of the molecule is CCCNC(=O)[C@@H](C)N(Cc1cccc(Cl)c1)C(=O)CCCN(c1cc(Cl)ccc1C)S(C)(=O)=O. The Morgan fingerprint density at radius 2 is 1.77 bits per heavy atom. The van der Waals surface area contributed by atoms with E-state index in [1.54, 1.807) is 50.2 Å². The molecular formula is C25H33Cl2N3O4S. The number of carbonyl (C=O) groups is 2. The molecule has 1 atom stereocenters. The molecule has 0 saturated heterocycles. The molecule has 2 aromatic carbocycles. The van der Waals surface area contributed by atoms with Gasteiger partial charge in [-0.2, -0.15) is 0 Å². The smallest absolute Gasteiger partial charge is 0.242 e. The second-order valence-electron chi connectivity index (χ2n) is 8.49. The molecule has 192 valence electrons. The molecule has 1 N–H and O–H groups in total. The van der Waals surface area contributed by atoms with Crippen molar-refractivity contribution in [3.63, 3.8) is 0 Å². The number of halogens is 2. The van der Waals surface area contributed by atoms with E-state index in [-0.39, 0.29) is 37.7 Å². The minimum absolute atomic E-state index is 0.0671. The highest BCUT2D eigenvalue weighted by Crippen LogP contribution is 2.27.